The third-order valence-corrected chi connectivity index (χ3v) is 4.38. The van der Waals surface area contributed by atoms with Crippen LogP contribution in [0.4, 0.5) is 21.0 Å². The molecule has 0 saturated carbocycles. The lowest BCUT2D eigenvalue weighted by atomic mass is 10.1. The molecule has 7 heteroatoms. The molecule has 0 atom stereocenters. The SMILES string of the molecule is CCN(C(=O)NC)c1ccccc1CNCCc1cccc(NC(=O)NC)c1. The second-order valence-electron chi connectivity index (χ2n) is 6.26. The maximum Gasteiger partial charge on any atom is 0.321 e. The molecule has 2 aromatic carbocycles. The fourth-order valence-corrected chi connectivity index (χ4v) is 2.94. The van der Waals surface area contributed by atoms with Gasteiger partial charge < -0.3 is 21.3 Å². The lowest BCUT2D eigenvalue weighted by Gasteiger charge is -2.23. The molecule has 0 fully saturated rings. The van der Waals surface area contributed by atoms with Crippen molar-refractivity contribution in [2.45, 2.75) is 19.9 Å². The predicted molar refractivity (Wildman–Crippen MR) is 114 cm³/mol. The number of amides is 4. The molecule has 0 aromatic heterocycles. The van der Waals surface area contributed by atoms with Gasteiger partial charge in [0.1, 0.15) is 0 Å². The molecule has 0 radical (unpaired) electrons. The van der Waals surface area contributed by atoms with Crippen LogP contribution >= 0.6 is 0 Å². The molecule has 0 spiro atoms. The Morgan fingerprint density at radius 1 is 1.00 bits per heavy atom. The Hall–Kier alpha value is -3.06. The van der Waals surface area contributed by atoms with Crippen molar-refractivity contribution in [2.75, 3.05) is 37.4 Å². The smallest absolute Gasteiger partial charge is 0.321 e. The molecule has 150 valence electrons. The third kappa shape index (κ3) is 5.99. The minimum Gasteiger partial charge on any atom is -0.341 e. The van der Waals surface area contributed by atoms with Gasteiger partial charge in [-0.25, -0.2) is 9.59 Å². The highest BCUT2D eigenvalue weighted by molar-refractivity contribution is 5.92. The first-order chi connectivity index (χ1) is 13.6. The molecule has 2 rings (SSSR count). The monoisotopic (exact) mass is 383 g/mol. The summed E-state index contributed by atoms with van der Waals surface area (Å²) < 4.78 is 0. The Bertz CT molecular complexity index is 794. The van der Waals surface area contributed by atoms with E-state index in [0.717, 1.165) is 35.5 Å². The van der Waals surface area contributed by atoms with E-state index in [1.807, 2.05) is 55.5 Å². The van der Waals surface area contributed by atoms with Gasteiger partial charge in [0.25, 0.3) is 0 Å². The molecular weight excluding hydrogens is 354 g/mol. The molecule has 4 N–H and O–H groups in total. The van der Waals surface area contributed by atoms with E-state index in [0.29, 0.717) is 13.1 Å². The molecule has 7 nitrogen and oxygen atoms in total. The Morgan fingerprint density at radius 2 is 1.79 bits per heavy atom. The maximum atomic E-state index is 12.1. The minimum absolute atomic E-state index is 0.115. The van der Waals surface area contributed by atoms with E-state index in [1.54, 1.807) is 19.0 Å². The summed E-state index contributed by atoms with van der Waals surface area (Å²) in [6.45, 7) is 4.00. The van der Waals surface area contributed by atoms with Crippen LogP contribution in [0.15, 0.2) is 48.5 Å². The van der Waals surface area contributed by atoms with E-state index >= 15 is 0 Å². The van der Waals surface area contributed by atoms with Crippen LogP contribution in [0.1, 0.15) is 18.1 Å². The highest BCUT2D eigenvalue weighted by atomic mass is 16.2. The van der Waals surface area contributed by atoms with Crippen molar-refractivity contribution >= 4 is 23.4 Å². The van der Waals surface area contributed by atoms with Gasteiger partial charge in [-0.2, -0.15) is 0 Å². The average molecular weight is 383 g/mol. The summed E-state index contributed by atoms with van der Waals surface area (Å²) in [5.41, 5.74) is 3.89. The van der Waals surface area contributed by atoms with Crippen LogP contribution in [0, 0.1) is 0 Å². The van der Waals surface area contributed by atoms with Gasteiger partial charge in [0, 0.05) is 38.6 Å². The molecule has 0 heterocycles. The molecule has 4 amide bonds. The molecule has 0 bridgehead atoms. The van der Waals surface area contributed by atoms with Crippen LogP contribution in [0.2, 0.25) is 0 Å². The van der Waals surface area contributed by atoms with Crippen LogP contribution in [-0.4, -0.2) is 39.2 Å². The first kappa shape index (κ1) is 21.2. The number of urea groups is 2. The molecule has 28 heavy (non-hydrogen) atoms. The van der Waals surface area contributed by atoms with Crippen LogP contribution in [0.25, 0.3) is 0 Å². The summed E-state index contributed by atoms with van der Waals surface area (Å²) >= 11 is 0. The van der Waals surface area contributed by atoms with Crippen molar-refractivity contribution in [3.05, 3.63) is 59.7 Å². The zero-order valence-corrected chi connectivity index (χ0v) is 16.7. The van der Waals surface area contributed by atoms with Crippen molar-refractivity contribution in [2.24, 2.45) is 0 Å². The molecular formula is C21H29N5O2. The summed E-state index contributed by atoms with van der Waals surface area (Å²) in [5.74, 6) is 0. The molecule has 0 aliphatic rings. The van der Waals surface area contributed by atoms with E-state index in [-0.39, 0.29) is 12.1 Å². The summed E-state index contributed by atoms with van der Waals surface area (Å²) in [7, 11) is 3.23. The van der Waals surface area contributed by atoms with Gasteiger partial charge in [-0.1, -0.05) is 30.3 Å². The van der Waals surface area contributed by atoms with E-state index < -0.39 is 0 Å². The number of hydrogen-bond donors (Lipinski definition) is 4. The van der Waals surface area contributed by atoms with Gasteiger partial charge in [-0.05, 0) is 49.2 Å². The Balaban J connectivity index is 1.93. The Labute approximate surface area is 166 Å². The van der Waals surface area contributed by atoms with Gasteiger partial charge in [-0.15, -0.1) is 0 Å². The molecule has 0 saturated heterocycles. The second kappa shape index (κ2) is 10.9. The summed E-state index contributed by atoms with van der Waals surface area (Å²) in [6.07, 6.45) is 0.832. The highest BCUT2D eigenvalue weighted by Gasteiger charge is 2.15. The Kier molecular flexibility index (Phi) is 8.30. The van der Waals surface area contributed by atoms with Crippen LogP contribution in [0.3, 0.4) is 0 Å². The number of nitrogens with one attached hydrogen (secondary N) is 4. The number of benzene rings is 2. The van der Waals surface area contributed by atoms with Gasteiger partial charge in [0.05, 0.1) is 0 Å². The van der Waals surface area contributed by atoms with E-state index in [1.165, 1.54) is 0 Å². The first-order valence-electron chi connectivity index (χ1n) is 9.44. The van der Waals surface area contributed by atoms with Crippen molar-refractivity contribution in [1.29, 1.82) is 0 Å². The van der Waals surface area contributed by atoms with E-state index in [9.17, 15) is 9.59 Å². The molecule has 0 aliphatic heterocycles. The van der Waals surface area contributed by atoms with Gasteiger partial charge in [-0.3, -0.25) is 4.90 Å². The minimum atomic E-state index is -0.233. The van der Waals surface area contributed by atoms with Gasteiger partial charge in [0.15, 0.2) is 0 Å². The third-order valence-electron chi connectivity index (χ3n) is 4.38. The number of nitrogens with zero attached hydrogens (tertiary/aromatic N) is 1. The number of hydrogen-bond acceptors (Lipinski definition) is 3. The number of carbonyl (C=O) groups is 2. The van der Waals surface area contributed by atoms with Gasteiger partial charge in [0.2, 0.25) is 0 Å². The summed E-state index contributed by atoms with van der Waals surface area (Å²) in [6, 6.07) is 15.4. The molecule has 0 unspecified atom stereocenters. The lowest BCUT2D eigenvalue weighted by molar-refractivity contribution is 0.248. The van der Waals surface area contributed by atoms with E-state index in [2.05, 4.69) is 21.3 Å². The quantitative estimate of drug-likeness (QED) is 0.529. The second-order valence-corrected chi connectivity index (χ2v) is 6.26. The average Bonchev–Trinajstić information content (AvgIpc) is 2.72. The zero-order valence-electron chi connectivity index (χ0n) is 16.7. The van der Waals surface area contributed by atoms with Gasteiger partial charge >= 0.3 is 12.1 Å². The van der Waals surface area contributed by atoms with Crippen LogP contribution < -0.4 is 26.2 Å². The van der Waals surface area contributed by atoms with Crippen molar-refractivity contribution < 1.29 is 9.59 Å². The zero-order chi connectivity index (χ0) is 20.4. The summed E-state index contributed by atoms with van der Waals surface area (Å²) in [5, 5.41) is 11.4. The Morgan fingerprint density at radius 3 is 2.50 bits per heavy atom. The molecule has 0 aliphatic carbocycles. The lowest BCUT2D eigenvalue weighted by Crippen LogP contribution is -2.38. The predicted octanol–water partition coefficient (Wildman–Crippen LogP) is 2.94. The fraction of sp³-hybridized carbons (Fsp3) is 0.333. The number of carbonyl (C=O) groups excluding carboxylic acids is 2. The topological polar surface area (TPSA) is 85.5 Å². The normalized spacial score (nSPS) is 10.2. The van der Waals surface area contributed by atoms with Crippen LogP contribution in [-0.2, 0) is 13.0 Å². The van der Waals surface area contributed by atoms with Crippen LogP contribution in [0.5, 0.6) is 0 Å². The van der Waals surface area contributed by atoms with Crippen molar-refractivity contribution in [3.63, 3.8) is 0 Å². The summed E-state index contributed by atoms with van der Waals surface area (Å²) in [4.78, 5) is 25.3. The highest BCUT2D eigenvalue weighted by Crippen LogP contribution is 2.20. The van der Waals surface area contributed by atoms with Crippen molar-refractivity contribution in [3.8, 4) is 0 Å². The largest absolute Gasteiger partial charge is 0.341 e. The maximum absolute atomic E-state index is 12.1. The number of anilines is 2. The standard InChI is InChI=1S/C21H29N5O2/c1-4-26(21(28)23-3)19-11-6-5-9-17(19)15-24-13-12-16-8-7-10-18(14-16)25-20(27)22-2/h5-11,14,24H,4,12-13,15H2,1-3H3,(H,23,28)(H2,22,25,27). The first-order valence-corrected chi connectivity index (χ1v) is 9.44. The molecule has 2 aromatic rings. The van der Waals surface area contributed by atoms with E-state index in [4.69, 9.17) is 0 Å². The fourth-order valence-electron chi connectivity index (χ4n) is 2.94. The van der Waals surface area contributed by atoms with Crippen molar-refractivity contribution in [1.82, 2.24) is 16.0 Å². The number of para-hydroxylation sites is 1. The number of rotatable bonds is 8.